The summed E-state index contributed by atoms with van der Waals surface area (Å²) in [6, 6.07) is 0. The van der Waals surface area contributed by atoms with E-state index >= 15 is 0 Å². The summed E-state index contributed by atoms with van der Waals surface area (Å²) in [4.78, 5) is 19.5. The molecule has 0 bridgehead atoms. The monoisotopic (exact) mass is 146 g/mol. The fourth-order valence-corrected chi connectivity index (χ4v) is 0.221. The van der Waals surface area contributed by atoms with Crippen molar-refractivity contribution in [3.8, 4) is 0 Å². The molecule has 0 saturated carbocycles. The van der Waals surface area contributed by atoms with Gasteiger partial charge in [-0.2, -0.15) is 10.2 Å². The summed E-state index contributed by atoms with van der Waals surface area (Å²) in [6.07, 6.45) is 0. The number of nitrogens with zero attached hydrogens (tertiary/aromatic N) is 2. The number of aliphatic carboxylic acids is 2. The van der Waals surface area contributed by atoms with Gasteiger partial charge in [-0.25, -0.2) is 0 Å². The third-order valence-corrected chi connectivity index (χ3v) is 0.512. The van der Waals surface area contributed by atoms with Crippen molar-refractivity contribution in [3.05, 3.63) is 0 Å². The zero-order chi connectivity index (χ0) is 7.98. The maximum atomic E-state index is 9.74. The van der Waals surface area contributed by atoms with E-state index in [-0.39, 0.29) is 0 Å². The molecule has 0 saturated heterocycles. The Labute approximate surface area is 56.2 Å². The zero-order valence-corrected chi connectivity index (χ0v) is 5.02. The summed E-state index contributed by atoms with van der Waals surface area (Å²) in [5, 5.41) is 22.1. The average molecular weight is 146 g/mol. The normalized spacial score (nSPS) is 10.0. The lowest BCUT2D eigenvalue weighted by atomic mass is 10.7. The van der Waals surface area contributed by atoms with Crippen molar-refractivity contribution in [1.82, 2.24) is 0 Å². The highest BCUT2D eigenvalue weighted by atomic mass is 16.4. The van der Waals surface area contributed by atoms with Gasteiger partial charge in [0.05, 0.1) is 0 Å². The lowest BCUT2D eigenvalue weighted by Gasteiger charge is -1.82. The number of carboxylic acid groups (broad SMARTS) is 2. The topological polar surface area (TPSA) is 99.3 Å². The molecule has 0 atom stereocenters. The number of azo groups is 1. The molecule has 0 heterocycles. The van der Waals surface area contributed by atoms with E-state index in [4.69, 9.17) is 10.2 Å². The summed E-state index contributed by atoms with van der Waals surface area (Å²) in [7, 11) is 0. The van der Waals surface area contributed by atoms with Crippen LogP contribution < -0.4 is 0 Å². The second-order valence-corrected chi connectivity index (χ2v) is 1.39. The highest BCUT2D eigenvalue weighted by molar-refractivity contribution is 5.70. The van der Waals surface area contributed by atoms with Crippen LogP contribution in [0, 0.1) is 0 Å². The summed E-state index contributed by atoms with van der Waals surface area (Å²) in [6.45, 7) is -0.958. The zero-order valence-electron chi connectivity index (χ0n) is 5.02. The van der Waals surface area contributed by atoms with Gasteiger partial charge in [0.25, 0.3) is 0 Å². The minimum Gasteiger partial charge on any atom is -0.480 e. The lowest BCUT2D eigenvalue weighted by Crippen LogP contribution is -2.01. The summed E-state index contributed by atoms with van der Waals surface area (Å²) in [5.74, 6) is -2.26. The quantitative estimate of drug-likeness (QED) is 0.527. The second kappa shape index (κ2) is 4.42. The Kier molecular flexibility index (Phi) is 3.78. The first-order valence-electron chi connectivity index (χ1n) is 2.40. The molecule has 0 aliphatic rings. The van der Waals surface area contributed by atoms with Gasteiger partial charge in [0.15, 0.2) is 13.1 Å². The first-order chi connectivity index (χ1) is 4.63. The van der Waals surface area contributed by atoms with Crippen molar-refractivity contribution in [2.24, 2.45) is 10.2 Å². The van der Waals surface area contributed by atoms with Gasteiger partial charge < -0.3 is 10.2 Å². The molecule has 0 aromatic heterocycles. The highest BCUT2D eigenvalue weighted by Gasteiger charge is 1.93. The molecule has 56 valence electrons. The first-order valence-corrected chi connectivity index (χ1v) is 2.40. The molecule has 0 aliphatic carbocycles. The van der Waals surface area contributed by atoms with Crippen LogP contribution in [0.2, 0.25) is 0 Å². The Balaban J connectivity index is 3.38. The van der Waals surface area contributed by atoms with E-state index < -0.39 is 25.0 Å². The van der Waals surface area contributed by atoms with E-state index in [1.807, 2.05) is 0 Å². The van der Waals surface area contributed by atoms with E-state index in [2.05, 4.69) is 10.2 Å². The van der Waals surface area contributed by atoms with Gasteiger partial charge >= 0.3 is 11.9 Å². The minimum absolute atomic E-state index is 0.479. The van der Waals surface area contributed by atoms with Crippen LogP contribution in [-0.2, 0) is 9.59 Å². The van der Waals surface area contributed by atoms with Gasteiger partial charge in [-0.3, -0.25) is 9.59 Å². The van der Waals surface area contributed by atoms with Crippen LogP contribution in [0.15, 0.2) is 10.2 Å². The van der Waals surface area contributed by atoms with Crippen LogP contribution in [0.1, 0.15) is 0 Å². The molecule has 0 spiro atoms. The van der Waals surface area contributed by atoms with Crippen LogP contribution >= 0.6 is 0 Å². The Morgan fingerprint density at radius 2 is 1.30 bits per heavy atom. The summed E-state index contributed by atoms with van der Waals surface area (Å²) >= 11 is 0. The Morgan fingerprint density at radius 3 is 1.50 bits per heavy atom. The number of carbonyl (C=O) groups is 2. The second-order valence-electron chi connectivity index (χ2n) is 1.39. The Bertz CT molecular complexity index is 147. The van der Waals surface area contributed by atoms with E-state index in [1.165, 1.54) is 0 Å². The summed E-state index contributed by atoms with van der Waals surface area (Å²) < 4.78 is 0. The predicted octanol–water partition coefficient (Wildman–Crippen LogP) is -0.392. The standard InChI is InChI=1S/C4H6N2O4/c7-3(8)1-5-6-2-4(9)10/h1-2H2,(H,7,8)(H,9,10). The molecule has 0 rings (SSSR count). The van der Waals surface area contributed by atoms with Crippen LogP contribution in [-0.4, -0.2) is 35.2 Å². The molecule has 6 nitrogen and oxygen atoms in total. The van der Waals surface area contributed by atoms with Gasteiger partial charge in [-0.1, -0.05) is 0 Å². The highest BCUT2D eigenvalue weighted by Crippen LogP contribution is 1.75. The third-order valence-electron chi connectivity index (χ3n) is 0.512. The molecular formula is C4H6N2O4. The summed E-state index contributed by atoms with van der Waals surface area (Å²) in [5.41, 5.74) is 0. The number of hydrogen-bond donors (Lipinski definition) is 2. The number of carboxylic acids is 2. The fraction of sp³-hybridized carbons (Fsp3) is 0.500. The maximum absolute atomic E-state index is 9.74. The van der Waals surface area contributed by atoms with E-state index in [9.17, 15) is 9.59 Å². The largest absolute Gasteiger partial charge is 0.480 e. The molecular weight excluding hydrogens is 140 g/mol. The molecule has 10 heavy (non-hydrogen) atoms. The van der Waals surface area contributed by atoms with Crippen molar-refractivity contribution in [2.45, 2.75) is 0 Å². The number of hydrogen-bond acceptors (Lipinski definition) is 4. The molecule has 2 N–H and O–H groups in total. The fourth-order valence-electron chi connectivity index (χ4n) is 0.221. The SMILES string of the molecule is O=C(O)CN=NCC(=O)O. The predicted molar refractivity (Wildman–Crippen MR) is 29.9 cm³/mol. The van der Waals surface area contributed by atoms with Gasteiger partial charge in [-0.15, -0.1) is 0 Å². The van der Waals surface area contributed by atoms with Crippen molar-refractivity contribution in [2.75, 3.05) is 13.1 Å². The van der Waals surface area contributed by atoms with Crippen LogP contribution in [0.5, 0.6) is 0 Å². The van der Waals surface area contributed by atoms with Crippen molar-refractivity contribution >= 4 is 11.9 Å². The first kappa shape index (κ1) is 8.54. The molecule has 0 amide bonds. The average Bonchev–Trinajstić information content (AvgIpc) is 1.79. The molecule has 6 heteroatoms. The molecule has 0 aliphatic heterocycles. The maximum Gasteiger partial charge on any atom is 0.327 e. The third kappa shape index (κ3) is 6.54. The minimum atomic E-state index is -1.13. The van der Waals surface area contributed by atoms with Crippen molar-refractivity contribution in [1.29, 1.82) is 0 Å². The molecule has 0 aromatic rings. The Morgan fingerprint density at radius 1 is 1.00 bits per heavy atom. The Hall–Kier alpha value is -1.46. The van der Waals surface area contributed by atoms with Gasteiger partial charge in [0, 0.05) is 0 Å². The van der Waals surface area contributed by atoms with Gasteiger partial charge in [-0.05, 0) is 0 Å². The molecule has 0 radical (unpaired) electrons. The smallest absolute Gasteiger partial charge is 0.327 e. The van der Waals surface area contributed by atoms with Crippen LogP contribution in [0.25, 0.3) is 0 Å². The number of rotatable bonds is 4. The van der Waals surface area contributed by atoms with E-state index in [0.717, 1.165) is 0 Å². The van der Waals surface area contributed by atoms with E-state index in [0.29, 0.717) is 0 Å². The van der Waals surface area contributed by atoms with Gasteiger partial charge in [0.2, 0.25) is 0 Å². The van der Waals surface area contributed by atoms with Crippen molar-refractivity contribution < 1.29 is 19.8 Å². The van der Waals surface area contributed by atoms with Gasteiger partial charge in [0.1, 0.15) is 0 Å². The van der Waals surface area contributed by atoms with Crippen LogP contribution in [0.3, 0.4) is 0 Å². The molecule has 0 aromatic carbocycles. The lowest BCUT2D eigenvalue weighted by molar-refractivity contribution is -0.137. The van der Waals surface area contributed by atoms with E-state index in [1.54, 1.807) is 0 Å². The molecule has 0 fully saturated rings. The van der Waals surface area contributed by atoms with Crippen molar-refractivity contribution in [3.63, 3.8) is 0 Å². The molecule has 0 unspecified atom stereocenters. The van der Waals surface area contributed by atoms with Crippen LogP contribution in [0.4, 0.5) is 0 Å².